The van der Waals surface area contributed by atoms with Gasteiger partial charge in [0.05, 0.1) is 40.2 Å². The van der Waals surface area contributed by atoms with Gasteiger partial charge in [0, 0.05) is 18.2 Å². The number of aromatic nitrogens is 2. The maximum atomic E-state index is 12.5. The summed E-state index contributed by atoms with van der Waals surface area (Å²) in [6.07, 6.45) is 2.52. The number of carbonyl (C=O) groups is 1. The summed E-state index contributed by atoms with van der Waals surface area (Å²) in [5.41, 5.74) is 6.45. The molecule has 29 heavy (non-hydrogen) atoms. The molecular formula is C19H27ClN4O5. The Labute approximate surface area is 175 Å². The molecule has 1 aromatic carbocycles. The first-order valence-corrected chi connectivity index (χ1v) is 9.07. The van der Waals surface area contributed by atoms with Crippen LogP contribution in [0.3, 0.4) is 0 Å². The molecule has 3 N–H and O–H groups in total. The number of benzene rings is 1. The first-order chi connectivity index (χ1) is 13.6. The summed E-state index contributed by atoms with van der Waals surface area (Å²) in [5.74, 6) is 2.01. The van der Waals surface area contributed by atoms with E-state index in [1.807, 2.05) is 6.07 Å². The third-order valence-electron chi connectivity index (χ3n) is 4.74. The summed E-state index contributed by atoms with van der Waals surface area (Å²) in [4.78, 5) is 12.5. The number of halogens is 1. The Hall–Kier alpha value is -2.49. The first kappa shape index (κ1) is 22.8. The molecule has 2 atom stereocenters. The van der Waals surface area contributed by atoms with E-state index in [0.29, 0.717) is 42.6 Å². The molecule has 1 aliphatic heterocycles. The first-order valence-electron chi connectivity index (χ1n) is 9.07. The Morgan fingerprint density at radius 3 is 2.59 bits per heavy atom. The van der Waals surface area contributed by atoms with Crippen LogP contribution in [-0.4, -0.2) is 55.8 Å². The molecule has 0 spiro atoms. The van der Waals surface area contributed by atoms with Gasteiger partial charge in [-0.3, -0.25) is 4.79 Å². The molecule has 0 bridgehead atoms. The van der Waals surface area contributed by atoms with Crippen molar-refractivity contribution in [1.82, 2.24) is 9.78 Å². The van der Waals surface area contributed by atoms with Crippen LogP contribution in [0.15, 0.2) is 24.4 Å². The molecule has 1 fully saturated rings. The minimum Gasteiger partial charge on any atom is -0.493 e. The summed E-state index contributed by atoms with van der Waals surface area (Å²) in [7, 11) is 4.69. The van der Waals surface area contributed by atoms with Crippen molar-refractivity contribution in [2.45, 2.75) is 31.6 Å². The van der Waals surface area contributed by atoms with E-state index in [-0.39, 0.29) is 24.4 Å². The van der Waals surface area contributed by atoms with Gasteiger partial charge in [0.2, 0.25) is 5.75 Å². The van der Waals surface area contributed by atoms with Crippen LogP contribution in [0, 0.1) is 0 Å². The zero-order chi connectivity index (χ0) is 20.1. The zero-order valence-corrected chi connectivity index (χ0v) is 17.5. The summed E-state index contributed by atoms with van der Waals surface area (Å²) < 4.78 is 23.6. The highest BCUT2D eigenvalue weighted by Crippen LogP contribution is 2.40. The second-order valence-electron chi connectivity index (χ2n) is 6.42. The number of amides is 1. The Balaban J connectivity index is 0.00000300. The van der Waals surface area contributed by atoms with Crippen LogP contribution in [0.1, 0.15) is 18.4 Å². The number of hydrogen-bond donors (Lipinski definition) is 2. The van der Waals surface area contributed by atoms with E-state index >= 15 is 0 Å². The highest BCUT2D eigenvalue weighted by Gasteiger charge is 2.30. The van der Waals surface area contributed by atoms with Crippen molar-refractivity contribution in [3.05, 3.63) is 30.0 Å². The van der Waals surface area contributed by atoms with Crippen molar-refractivity contribution in [2.75, 3.05) is 33.2 Å². The van der Waals surface area contributed by atoms with Crippen LogP contribution in [0.2, 0.25) is 0 Å². The molecule has 2 heterocycles. The maximum Gasteiger partial charge on any atom is 0.254 e. The third kappa shape index (κ3) is 4.92. The lowest BCUT2D eigenvalue weighted by molar-refractivity contribution is -0.126. The van der Waals surface area contributed by atoms with Gasteiger partial charge in [-0.1, -0.05) is 0 Å². The van der Waals surface area contributed by atoms with Crippen molar-refractivity contribution in [2.24, 2.45) is 5.73 Å². The van der Waals surface area contributed by atoms with Crippen LogP contribution in [-0.2, 0) is 16.1 Å². The smallest absolute Gasteiger partial charge is 0.254 e. The molecule has 1 aromatic heterocycles. The Kier molecular flexibility index (Phi) is 8.12. The maximum absolute atomic E-state index is 12.5. The lowest BCUT2D eigenvalue weighted by Crippen LogP contribution is -2.30. The standard InChI is InChI=1S/C19H26N4O5.ClH/c1-25-14-6-4-12(17(26-2)18(14)27-3)11-23-16(8-9-21-23)22-19(24)15-7-5-13(10-20)28-15;/h4,6,8-9,13,15H,5,7,10-11,20H2,1-3H3,(H,22,24);1H/t13-,15+;/m1./s1. The SMILES string of the molecule is COc1ccc(Cn2nccc2NC(=O)[C@@H]2CC[C@H](CN)O2)c(OC)c1OC.Cl. The van der Waals surface area contributed by atoms with Gasteiger partial charge < -0.3 is 30.0 Å². The third-order valence-corrected chi connectivity index (χ3v) is 4.74. The van der Waals surface area contributed by atoms with Gasteiger partial charge >= 0.3 is 0 Å². The second kappa shape index (κ2) is 10.3. The second-order valence-corrected chi connectivity index (χ2v) is 6.42. The predicted octanol–water partition coefficient (Wildman–Crippen LogP) is 1.82. The molecular weight excluding hydrogens is 400 g/mol. The van der Waals surface area contributed by atoms with Gasteiger partial charge in [-0.2, -0.15) is 5.10 Å². The fraction of sp³-hybridized carbons (Fsp3) is 0.474. The number of ether oxygens (including phenoxy) is 4. The highest BCUT2D eigenvalue weighted by atomic mass is 35.5. The molecule has 10 heteroatoms. The number of carbonyl (C=O) groups excluding carboxylic acids is 1. The molecule has 1 saturated heterocycles. The average molecular weight is 427 g/mol. The van der Waals surface area contributed by atoms with E-state index in [0.717, 1.165) is 12.0 Å². The average Bonchev–Trinajstić information content (AvgIpc) is 3.37. The van der Waals surface area contributed by atoms with Crippen LogP contribution >= 0.6 is 12.4 Å². The topological polar surface area (TPSA) is 110 Å². The van der Waals surface area contributed by atoms with Gasteiger partial charge in [-0.15, -0.1) is 12.4 Å². The van der Waals surface area contributed by atoms with E-state index in [2.05, 4.69) is 10.4 Å². The van der Waals surface area contributed by atoms with E-state index < -0.39 is 6.10 Å². The molecule has 1 aliphatic rings. The van der Waals surface area contributed by atoms with Crippen molar-refractivity contribution in [3.8, 4) is 17.2 Å². The van der Waals surface area contributed by atoms with Gasteiger partial charge in [-0.25, -0.2) is 4.68 Å². The number of methoxy groups -OCH3 is 3. The van der Waals surface area contributed by atoms with Crippen molar-refractivity contribution >= 4 is 24.1 Å². The molecule has 0 unspecified atom stereocenters. The number of nitrogens with zero attached hydrogens (tertiary/aromatic N) is 2. The minimum absolute atomic E-state index is 0. The van der Waals surface area contributed by atoms with Crippen LogP contribution in [0.25, 0.3) is 0 Å². The van der Waals surface area contributed by atoms with Crippen molar-refractivity contribution in [3.63, 3.8) is 0 Å². The molecule has 2 aromatic rings. The Morgan fingerprint density at radius 1 is 1.21 bits per heavy atom. The fourth-order valence-corrected chi connectivity index (χ4v) is 3.29. The van der Waals surface area contributed by atoms with Crippen LogP contribution in [0.4, 0.5) is 5.82 Å². The lowest BCUT2D eigenvalue weighted by atomic mass is 10.1. The Morgan fingerprint density at radius 2 is 1.97 bits per heavy atom. The number of rotatable bonds is 8. The van der Waals surface area contributed by atoms with Gasteiger partial charge in [-0.05, 0) is 25.0 Å². The molecule has 160 valence electrons. The van der Waals surface area contributed by atoms with Gasteiger partial charge in [0.25, 0.3) is 5.91 Å². The number of nitrogens with one attached hydrogen (secondary N) is 1. The summed E-state index contributed by atoms with van der Waals surface area (Å²) in [5, 5.41) is 7.19. The predicted molar refractivity (Wildman–Crippen MR) is 110 cm³/mol. The quantitative estimate of drug-likeness (QED) is 0.662. The summed E-state index contributed by atoms with van der Waals surface area (Å²) >= 11 is 0. The van der Waals surface area contributed by atoms with E-state index in [1.165, 1.54) is 0 Å². The largest absolute Gasteiger partial charge is 0.493 e. The summed E-state index contributed by atoms with van der Waals surface area (Å²) in [6, 6.07) is 5.41. The molecule has 9 nitrogen and oxygen atoms in total. The van der Waals surface area contributed by atoms with Gasteiger partial charge in [0.15, 0.2) is 11.5 Å². The number of hydrogen-bond acceptors (Lipinski definition) is 7. The number of nitrogens with two attached hydrogens (primary N) is 1. The fourth-order valence-electron chi connectivity index (χ4n) is 3.29. The van der Waals surface area contributed by atoms with E-state index in [4.69, 9.17) is 24.7 Å². The van der Waals surface area contributed by atoms with Gasteiger partial charge in [0.1, 0.15) is 11.9 Å². The lowest BCUT2D eigenvalue weighted by Gasteiger charge is -2.17. The van der Waals surface area contributed by atoms with E-state index in [9.17, 15) is 4.79 Å². The van der Waals surface area contributed by atoms with E-state index in [1.54, 1.807) is 44.3 Å². The van der Waals surface area contributed by atoms with Crippen molar-refractivity contribution in [1.29, 1.82) is 0 Å². The van der Waals surface area contributed by atoms with Crippen LogP contribution in [0.5, 0.6) is 17.2 Å². The zero-order valence-electron chi connectivity index (χ0n) is 16.7. The Bertz CT molecular complexity index is 829. The highest BCUT2D eigenvalue weighted by molar-refractivity contribution is 5.93. The minimum atomic E-state index is -0.493. The van der Waals surface area contributed by atoms with Crippen LogP contribution < -0.4 is 25.3 Å². The van der Waals surface area contributed by atoms with Crippen molar-refractivity contribution < 1.29 is 23.7 Å². The molecule has 0 aliphatic carbocycles. The normalized spacial score (nSPS) is 18.1. The number of anilines is 1. The molecule has 3 rings (SSSR count). The monoisotopic (exact) mass is 426 g/mol. The molecule has 0 radical (unpaired) electrons. The molecule has 1 amide bonds. The molecule has 0 saturated carbocycles. The summed E-state index contributed by atoms with van der Waals surface area (Å²) in [6.45, 7) is 0.796.